The maximum atomic E-state index is 14.1. The first-order valence-electron chi connectivity index (χ1n) is 13.1. The Bertz CT molecular complexity index is 1430. The van der Waals surface area contributed by atoms with Crippen LogP contribution in [0.5, 0.6) is 0 Å². The summed E-state index contributed by atoms with van der Waals surface area (Å²) in [5, 5.41) is 8.13. The molecular weight excluding hydrogens is 512 g/mol. The lowest BCUT2D eigenvalue weighted by molar-refractivity contribution is -0.116. The van der Waals surface area contributed by atoms with Gasteiger partial charge in [-0.2, -0.15) is 0 Å². The Kier molecular flexibility index (Phi) is 8.34. The van der Waals surface area contributed by atoms with Crippen molar-refractivity contribution in [2.45, 2.75) is 26.4 Å². The van der Waals surface area contributed by atoms with E-state index in [9.17, 15) is 9.59 Å². The van der Waals surface area contributed by atoms with Gasteiger partial charge in [0.25, 0.3) is 5.91 Å². The zero-order valence-electron chi connectivity index (χ0n) is 21.9. The quantitative estimate of drug-likeness (QED) is 0.369. The van der Waals surface area contributed by atoms with Gasteiger partial charge in [-0.05, 0) is 41.8 Å². The second-order valence-corrected chi connectivity index (χ2v) is 10.1. The zero-order chi connectivity index (χ0) is 27.2. The summed E-state index contributed by atoms with van der Waals surface area (Å²) in [6.45, 7) is 5.31. The molecule has 0 atom stereocenters. The molecule has 1 aliphatic heterocycles. The Morgan fingerprint density at radius 2 is 1.62 bits per heavy atom. The Morgan fingerprint density at radius 3 is 2.38 bits per heavy atom. The van der Waals surface area contributed by atoms with Gasteiger partial charge in [0.2, 0.25) is 5.91 Å². The number of fused-ring (bicyclic) bond motifs is 1. The van der Waals surface area contributed by atoms with Crippen molar-refractivity contribution in [1.29, 1.82) is 0 Å². The summed E-state index contributed by atoms with van der Waals surface area (Å²) in [6.07, 6.45) is 3.99. The number of carbonyl (C=O) groups excluding carboxylic acids is 2. The van der Waals surface area contributed by atoms with Crippen molar-refractivity contribution in [3.63, 3.8) is 0 Å². The normalized spacial score (nSPS) is 14.9. The molecule has 0 bridgehead atoms. The van der Waals surface area contributed by atoms with E-state index >= 15 is 0 Å². The Balaban J connectivity index is 1.50. The van der Waals surface area contributed by atoms with Gasteiger partial charge in [0.15, 0.2) is 0 Å². The molecule has 9 heteroatoms. The molecule has 39 heavy (non-hydrogen) atoms. The predicted octanol–water partition coefficient (Wildman–Crippen LogP) is 4.82. The van der Waals surface area contributed by atoms with E-state index in [0.717, 1.165) is 36.4 Å². The number of nitrogens with zero attached hydrogens (tertiary/aromatic N) is 6. The first-order chi connectivity index (χ1) is 19.0. The van der Waals surface area contributed by atoms with Gasteiger partial charge in [-0.3, -0.25) is 19.1 Å². The summed E-state index contributed by atoms with van der Waals surface area (Å²) in [5.41, 5.74) is 4.13. The fourth-order valence-electron chi connectivity index (χ4n) is 4.98. The van der Waals surface area contributed by atoms with Crippen LogP contribution in [0, 0.1) is 0 Å². The van der Waals surface area contributed by atoms with Gasteiger partial charge in [0, 0.05) is 57.6 Å². The highest BCUT2D eigenvalue weighted by Gasteiger charge is 2.24. The minimum Gasteiger partial charge on any atom is -0.333 e. The molecule has 0 saturated carbocycles. The number of amides is 2. The number of benzene rings is 3. The van der Waals surface area contributed by atoms with Crippen LogP contribution >= 0.6 is 11.6 Å². The second-order valence-electron chi connectivity index (χ2n) is 9.67. The van der Waals surface area contributed by atoms with Gasteiger partial charge in [-0.25, -0.2) is 0 Å². The number of hydrogen-bond donors (Lipinski definition) is 0. The second kappa shape index (κ2) is 12.2. The van der Waals surface area contributed by atoms with Crippen LogP contribution in [0.15, 0.2) is 85.5 Å². The molecule has 1 aliphatic rings. The summed E-state index contributed by atoms with van der Waals surface area (Å²) < 4.78 is 1.74. The van der Waals surface area contributed by atoms with Crippen molar-refractivity contribution in [2.75, 3.05) is 31.1 Å². The summed E-state index contributed by atoms with van der Waals surface area (Å²) in [6, 6.07) is 23.5. The van der Waals surface area contributed by atoms with E-state index < -0.39 is 0 Å². The standard InChI is InChI=1S/C30H31ClN6O2/c1-23(38)37-15-7-14-34(19-24-8-3-2-4-9-24)16-17-35(20-25-10-5-6-11-29(25)37)30(39)27-18-26(12-13-28(27)31)36-21-32-33-22-36/h2-6,8-13,18,21-22H,7,14-17,19-20H2,1H3. The van der Waals surface area contributed by atoms with E-state index in [1.807, 2.05) is 58.3 Å². The zero-order valence-corrected chi connectivity index (χ0v) is 22.7. The fraction of sp³-hybridized carbons (Fsp3) is 0.267. The van der Waals surface area contributed by atoms with Crippen molar-refractivity contribution in [3.05, 3.63) is 107 Å². The van der Waals surface area contributed by atoms with Crippen molar-refractivity contribution < 1.29 is 9.59 Å². The molecule has 2 heterocycles. The summed E-state index contributed by atoms with van der Waals surface area (Å²) in [4.78, 5) is 32.8. The van der Waals surface area contributed by atoms with Crippen LogP contribution in [0.2, 0.25) is 5.02 Å². The molecule has 0 fully saturated rings. The molecule has 0 unspecified atom stereocenters. The van der Waals surface area contributed by atoms with Gasteiger partial charge in [0.1, 0.15) is 12.7 Å². The number of hydrogen-bond acceptors (Lipinski definition) is 5. The molecule has 4 aromatic rings. The maximum absolute atomic E-state index is 14.1. The monoisotopic (exact) mass is 542 g/mol. The summed E-state index contributed by atoms with van der Waals surface area (Å²) in [7, 11) is 0. The number of halogens is 1. The van der Waals surface area contributed by atoms with Gasteiger partial charge in [-0.1, -0.05) is 60.1 Å². The number of rotatable bonds is 4. The van der Waals surface area contributed by atoms with Crippen LogP contribution < -0.4 is 4.90 Å². The minimum atomic E-state index is -0.169. The largest absolute Gasteiger partial charge is 0.333 e. The smallest absolute Gasteiger partial charge is 0.255 e. The summed E-state index contributed by atoms with van der Waals surface area (Å²) >= 11 is 6.58. The Morgan fingerprint density at radius 1 is 0.872 bits per heavy atom. The maximum Gasteiger partial charge on any atom is 0.255 e. The van der Waals surface area contributed by atoms with Crippen LogP contribution in [0.1, 0.15) is 34.8 Å². The molecule has 0 radical (unpaired) electrons. The molecule has 5 rings (SSSR count). The van der Waals surface area contributed by atoms with Crippen molar-refractivity contribution >= 4 is 29.1 Å². The lowest BCUT2D eigenvalue weighted by atomic mass is 10.1. The predicted molar refractivity (Wildman–Crippen MR) is 152 cm³/mol. The number of anilines is 1. The van der Waals surface area contributed by atoms with E-state index in [1.54, 1.807) is 36.3 Å². The van der Waals surface area contributed by atoms with E-state index in [4.69, 9.17) is 11.6 Å². The Labute approximate surface area is 233 Å². The molecule has 1 aromatic heterocycles. The van der Waals surface area contributed by atoms with Crippen molar-refractivity contribution in [2.24, 2.45) is 0 Å². The molecule has 2 amide bonds. The van der Waals surface area contributed by atoms with Crippen molar-refractivity contribution in [1.82, 2.24) is 24.6 Å². The fourth-order valence-corrected chi connectivity index (χ4v) is 5.18. The van der Waals surface area contributed by atoms with Crippen LogP contribution in [0.3, 0.4) is 0 Å². The molecule has 0 saturated heterocycles. The molecular formula is C30H31ClN6O2. The lowest BCUT2D eigenvalue weighted by Gasteiger charge is -2.28. The average Bonchev–Trinajstić information content (AvgIpc) is 3.48. The van der Waals surface area contributed by atoms with Crippen LogP contribution in [0.4, 0.5) is 5.69 Å². The number of aromatic nitrogens is 3. The van der Waals surface area contributed by atoms with Crippen LogP contribution in [-0.4, -0.2) is 62.6 Å². The van der Waals surface area contributed by atoms with Gasteiger partial charge >= 0.3 is 0 Å². The minimum absolute atomic E-state index is 0.0149. The van der Waals surface area contributed by atoms with Gasteiger partial charge in [-0.15, -0.1) is 10.2 Å². The molecule has 0 spiro atoms. The lowest BCUT2D eigenvalue weighted by Crippen LogP contribution is -2.38. The number of para-hydroxylation sites is 1. The first-order valence-corrected chi connectivity index (χ1v) is 13.4. The molecule has 0 aliphatic carbocycles. The topological polar surface area (TPSA) is 74.6 Å². The van der Waals surface area contributed by atoms with Crippen LogP contribution in [0.25, 0.3) is 5.69 Å². The van der Waals surface area contributed by atoms with Crippen LogP contribution in [-0.2, 0) is 17.9 Å². The van der Waals surface area contributed by atoms with Gasteiger partial charge < -0.3 is 9.80 Å². The highest BCUT2D eigenvalue weighted by molar-refractivity contribution is 6.33. The van der Waals surface area contributed by atoms with E-state index in [1.165, 1.54) is 5.56 Å². The van der Waals surface area contributed by atoms with E-state index in [-0.39, 0.29) is 11.8 Å². The third-order valence-electron chi connectivity index (χ3n) is 7.00. The molecule has 8 nitrogen and oxygen atoms in total. The SMILES string of the molecule is CC(=O)N1CCCN(Cc2ccccc2)CCN(C(=O)c2cc(-n3cnnc3)ccc2Cl)Cc2ccccc21. The first kappa shape index (κ1) is 26.6. The Hall–Kier alpha value is -4.01. The summed E-state index contributed by atoms with van der Waals surface area (Å²) in [5.74, 6) is -0.183. The third-order valence-corrected chi connectivity index (χ3v) is 7.33. The highest BCUT2D eigenvalue weighted by atomic mass is 35.5. The van der Waals surface area contributed by atoms with E-state index in [2.05, 4.69) is 27.2 Å². The third kappa shape index (κ3) is 6.35. The van der Waals surface area contributed by atoms with Crippen molar-refractivity contribution in [3.8, 4) is 5.69 Å². The van der Waals surface area contributed by atoms with Gasteiger partial charge in [0.05, 0.1) is 10.6 Å². The number of carbonyl (C=O) groups is 2. The highest BCUT2D eigenvalue weighted by Crippen LogP contribution is 2.27. The van der Waals surface area contributed by atoms with E-state index in [0.29, 0.717) is 36.8 Å². The molecule has 0 N–H and O–H groups in total. The molecule has 3 aromatic carbocycles. The molecule has 200 valence electrons. The average molecular weight is 543 g/mol.